The first-order chi connectivity index (χ1) is 9.57. The minimum absolute atomic E-state index is 0.203. The highest BCUT2D eigenvalue weighted by Gasteiger charge is 2.36. The molecule has 1 aliphatic heterocycles. The van der Waals surface area contributed by atoms with Crippen LogP contribution in [0, 0.1) is 0 Å². The van der Waals surface area contributed by atoms with E-state index in [1.54, 1.807) is 12.1 Å². The van der Waals surface area contributed by atoms with Crippen LogP contribution in [0.3, 0.4) is 0 Å². The third-order valence-electron chi connectivity index (χ3n) is 3.73. The van der Waals surface area contributed by atoms with Crippen molar-refractivity contribution in [3.63, 3.8) is 0 Å². The van der Waals surface area contributed by atoms with Gasteiger partial charge in [0.05, 0.1) is 5.56 Å². The number of halogens is 3. The molecule has 2 aromatic rings. The molecule has 1 heterocycles. The Morgan fingerprint density at radius 1 is 0.900 bits per heavy atom. The van der Waals surface area contributed by atoms with Crippen molar-refractivity contribution in [1.82, 2.24) is 0 Å². The predicted molar refractivity (Wildman–Crippen MR) is 72.8 cm³/mol. The molecule has 4 heteroatoms. The molecule has 0 fully saturated rings. The van der Waals surface area contributed by atoms with Crippen LogP contribution in [-0.4, -0.2) is 6.54 Å². The minimum atomic E-state index is -4.31. The van der Waals surface area contributed by atoms with Crippen LogP contribution in [-0.2, 0) is 6.18 Å². The van der Waals surface area contributed by atoms with Crippen LogP contribution in [0.1, 0.15) is 29.0 Å². The zero-order valence-corrected chi connectivity index (χ0v) is 10.7. The average Bonchev–Trinajstić information content (AvgIpc) is 2.46. The lowest BCUT2D eigenvalue weighted by Crippen LogP contribution is -2.20. The predicted octanol–water partition coefficient (Wildman–Crippen LogP) is 4.65. The molecule has 1 atom stereocenters. The summed E-state index contributed by atoms with van der Waals surface area (Å²) in [7, 11) is 0. The number of rotatable bonds is 1. The van der Waals surface area contributed by atoms with E-state index < -0.39 is 11.7 Å². The molecule has 0 saturated heterocycles. The van der Waals surface area contributed by atoms with Crippen molar-refractivity contribution >= 4 is 5.69 Å². The van der Waals surface area contributed by atoms with Gasteiger partial charge >= 0.3 is 6.18 Å². The number of hydrogen-bond acceptors (Lipinski definition) is 1. The Bertz CT molecular complexity index is 619. The first kappa shape index (κ1) is 13.0. The van der Waals surface area contributed by atoms with E-state index >= 15 is 0 Å². The van der Waals surface area contributed by atoms with Gasteiger partial charge in [0.15, 0.2) is 0 Å². The monoisotopic (exact) mass is 277 g/mol. The van der Waals surface area contributed by atoms with Gasteiger partial charge in [0, 0.05) is 18.2 Å². The number of hydrogen-bond donors (Lipinski definition) is 1. The Labute approximate surface area is 115 Å². The van der Waals surface area contributed by atoms with Gasteiger partial charge < -0.3 is 5.32 Å². The molecule has 0 spiro atoms. The van der Waals surface area contributed by atoms with E-state index in [-0.39, 0.29) is 5.92 Å². The molecule has 3 rings (SSSR count). The summed E-state index contributed by atoms with van der Waals surface area (Å²) in [5.74, 6) is -0.203. The van der Waals surface area contributed by atoms with Crippen molar-refractivity contribution < 1.29 is 13.2 Å². The SMILES string of the molecule is FC(F)(F)c1ccccc1C1CCNc2ccccc21. The fraction of sp³-hybridized carbons (Fsp3) is 0.250. The second-order valence-corrected chi connectivity index (χ2v) is 4.94. The van der Waals surface area contributed by atoms with E-state index in [2.05, 4.69) is 5.32 Å². The summed E-state index contributed by atoms with van der Waals surface area (Å²) < 4.78 is 39.5. The van der Waals surface area contributed by atoms with E-state index in [9.17, 15) is 13.2 Å². The summed E-state index contributed by atoms with van der Waals surface area (Å²) in [6, 6.07) is 13.5. The fourth-order valence-corrected chi connectivity index (χ4v) is 2.85. The molecule has 1 aliphatic rings. The lowest BCUT2D eigenvalue weighted by atomic mass is 9.83. The topological polar surface area (TPSA) is 12.0 Å². The van der Waals surface area contributed by atoms with Gasteiger partial charge in [-0.3, -0.25) is 0 Å². The van der Waals surface area contributed by atoms with E-state index in [0.717, 1.165) is 11.3 Å². The van der Waals surface area contributed by atoms with Gasteiger partial charge in [-0.25, -0.2) is 0 Å². The Morgan fingerprint density at radius 3 is 2.30 bits per heavy atom. The summed E-state index contributed by atoms with van der Waals surface area (Å²) in [4.78, 5) is 0. The van der Waals surface area contributed by atoms with Gasteiger partial charge in [-0.2, -0.15) is 13.2 Å². The fourth-order valence-electron chi connectivity index (χ4n) is 2.85. The maximum atomic E-state index is 13.2. The second-order valence-electron chi connectivity index (χ2n) is 4.94. The zero-order chi connectivity index (χ0) is 14.2. The lowest BCUT2D eigenvalue weighted by Gasteiger charge is -2.29. The first-order valence-electron chi connectivity index (χ1n) is 6.56. The van der Waals surface area contributed by atoms with Crippen molar-refractivity contribution in [2.24, 2.45) is 0 Å². The van der Waals surface area contributed by atoms with Gasteiger partial charge in [-0.1, -0.05) is 36.4 Å². The Kier molecular flexibility index (Phi) is 3.16. The Hall–Kier alpha value is -1.97. The van der Waals surface area contributed by atoms with E-state index in [4.69, 9.17) is 0 Å². The molecule has 0 aromatic heterocycles. The molecule has 20 heavy (non-hydrogen) atoms. The molecule has 2 aromatic carbocycles. The minimum Gasteiger partial charge on any atom is -0.385 e. The molecule has 0 bridgehead atoms. The van der Waals surface area contributed by atoms with Crippen LogP contribution in [0.25, 0.3) is 0 Å². The average molecular weight is 277 g/mol. The molecule has 0 aliphatic carbocycles. The number of benzene rings is 2. The van der Waals surface area contributed by atoms with Crippen molar-refractivity contribution in [3.05, 3.63) is 65.2 Å². The highest BCUT2D eigenvalue weighted by Crippen LogP contribution is 2.42. The standard InChI is InChI=1S/C16H14F3N/c17-16(18,19)14-7-3-1-5-12(14)11-9-10-20-15-8-4-2-6-13(11)15/h1-8,11,20H,9-10H2. The Balaban J connectivity index is 2.12. The smallest absolute Gasteiger partial charge is 0.385 e. The summed E-state index contributed by atoms with van der Waals surface area (Å²) in [5, 5.41) is 3.24. The maximum absolute atomic E-state index is 13.2. The van der Waals surface area contributed by atoms with Crippen LogP contribution < -0.4 is 5.32 Å². The van der Waals surface area contributed by atoms with Crippen molar-refractivity contribution in [2.45, 2.75) is 18.5 Å². The third kappa shape index (κ3) is 2.26. The number of nitrogens with one attached hydrogen (secondary N) is 1. The largest absolute Gasteiger partial charge is 0.416 e. The van der Waals surface area contributed by atoms with E-state index in [1.807, 2.05) is 24.3 Å². The summed E-state index contributed by atoms with van der Waals surface area (Å²) in [6.07, 6.45) is -3.64. The number of para-hydroxylation sites is 1. The molecular weight excluding hydrogens is 263 g/mol. The molecule has 0 radical (unpaired) electrons. The first-order valence-corrected chi connectivity index (χ1v) is 6.56. The van der Waals surface area contributed by atoms with Gasteiger partial charge in [-0.05, 0) is 29.7 Å². The van der Waals surface area contributed by atoms with Crippen molar-refractivity contribution in [1.29, 1.82) is 0 Å². The summed E-state index contributed by atoms with van der Waals surface area (Å²) in [6.45, 7) is 0.688. The van der Waals surface area contributed by atoms with Crippen LogP contribution >= 0.6 is 0 Å². The summed E-state index contributed by atoms with van der Waals surface area (Å²) >= 11 is 0. The summed E-state index contributed by atoms with van der Waals surface area (Å²) in [5.41, 5.74) is 1.71. The zero-order valence-electron chi connectivity index (χ0n) is 10.7. The molecule has 104 valence electrons. The van der Waals surface area contributed by atoms with E-state index in [0.29, 0.717) is 18.5 Å². The highest BCUT2D eigenvalue weighted by atomic mass is 19.4. The second kappa shape index (κ2) is 4.85. The molecule has 1 N–H and O–H groups in total. The van der Waals surface area contributed by atoms with Crippen LogP contribution in [0.15, 0.2) is 48.5 Å². The van der Waals surface area contributed by atoms with Gasteiger partial charge in [0.2, 0.25) is 0 Å². The third-order valence-corrected chi connectivity index (χ3v) is 3.73. The maximum Gasteiger partial charge on any atom is 0.416 e. The van der Waals surface area contributed by atoms with Gasteiger partial charge in [0.25, 0.3) is 0 Å². The lowest BCUT2D eigenvalue weighted by molar-refractivity contribution is -0.138. The molecule has 1 unspecified atom stereocenters. The van der Waals surface area contributed by atoms with Crippen molar-refractivity contribution in [3.8, 4) is 0 Å². The van der Waals surface area contributed by atoms with E-state index in [1.165, 1.54) is 12.1 Å². The van der Waals surface area contributed by atoms with Crippen LogP contribution in [0.5, 0.6) is 0 Å². The molecular formula is C16H14F3N. The number of alkyl halides is 3. The van der Waals surface area contributed by atoms with Crippen LogP contribution in [0.4, 0.5) is 18.9 Å². The van der Waals surface area contributed by atoms with Crippen molar-refractivity contribution in [2.75, 3.05) is 11.9 Å². The normalized spacial score (nSPS) is 18.2. The molecule has 0 amide bonds. The quantitative estimate of drug-likeness (QED) is 0.799. The highest BCUT2D eigenvalue weighted by molar-refractivity contribution is 5.58. The molecule has 0 saturated carbocycles. The molecule has 1 nitrogen and oxygen atoms in total. The Morgan fingerprint density at radius 2 is 1.55 bits per heavy atom. The van der Waals surface area contributed by atoms with Gasteiger partial charge in [0.1, 0.15) is 0 Å². The van der Waals surface area contributed by atoms with Crippen LogP contribution in [0.2, 0.25) is 0 Å². The number of fused-ring (bicyclic) bond motifs is 1. The van der Waals surface area contributed by atoms with Gasteiger partial charge in [-0.15, -0.1) is 0 Å². The number of anilines is 1.